The maximum absolute atomic E-state index is 14.1. The largest absolute Gasteiger partial charge is 0.507 e. The predicted octanol–water partition coefficient (Wildman–Crippen LogP) is 6.15. The summed E-state index contributed by atoms with van der Waals surface area (Å²) in [6, 6.07) is 16.3. The fraction of sp³-hybridized carbons (Fsp3) is 0.412. The molecule has 1 fully saturated rings. The monoisotopic (exact) mass is 570 g/mol. The number of hydrogen-bond donors (Lipinski definition) is 2. The van der Waals surface area contributed by atoms with Crippen molar-refractivity contribution in [2.75, 3.05) is 26.8 Å². The molecule has 3 aromatic rings. The number of phenols is 1. The molecular formula is C34H38N2O6. The zero-order chi connectivity index (χ0) is 29.1. The van der Waals surface area contributed by atoms with E-state index in [0.717, 1.165) is 42.4 Å². The lowest BCUT2D eigenvalue weighted by molar-refractivity contribution is -0.138. The maximum atomic E-state index is 14.1. The van der Waals surface area contributed by atoms with Crippen molar-refractivity contribution in [3.63, 3.8) is 0 Å². The van der Waals surface area contributed by atoms with Crippen molar-refractivity contribution in [2.24, 2.45) is 5.92 Å². The molecule has 3 heterocycles. The Hall–Kier alpha value is -4.20. The lowest BCUT2D eigenvalue weighted by Gasteiger charge is -2.40. The molecule has 1 unspecified atom stereocenters. The van der Waals surface area contributed by atoms with Crippen LogP contribution in [0.25, 0.3) is 0 Å². The third-order valence-electron chi connectivity index (χ3n) is 8.65. The van der Waals surface area contributed by atoms with Crippen LogP contribution >= 0.6 is 0 Å². The maximum Gasteiger partial charge on any atom is 0.255 e. The summed E-state index contributed by atoms with van der Waals surface area (Å²) < 4.78 is 17.9. The Morgan fingerprint density at radius 1 is 0.976 bits per heavy atom. The Labute approximate surface area is 246 Å². The summed E-state index contributed by atoms with van der Waals surface area (Å²) in [5.74, 6) is 2.09. The zero-order valence-corrected chi connectivity index (χ0v) is 24.1. The van der Waals surface area contributed by atoms with Crippen molar-refractivity contribution in [2.45, 2.75) is 57.4 Å². The highest BCUT2D eigenvalue weighted by atomic mass is 16.5. The van der Waals surface area contributed by atoms with Crippen molar-refractivity contribution in [1.29, 1.82) is 0 Å². The number of nitrogens with one attached hydrogen (secondary N) is 1. The number of carbonyl (C=O) groups is 2. The highest BCUT2D eigenvalue weighted by Gasteiger charge is 2.36. The Morgan fingerprint density at radius 2 is 1.76 bits per heavy atom. The van der Waals surface area contributed by atoms with Gasteiger partial charge in [0, 0.05) is 19.0 Å². The molecule has 8 bridgehead atoms. The summed E-state index contributed by atoms with van der Waals surface area (Å²) in [5, 5.41) is 13.2. The van der Waals surface area contributed by atoms with Gasteiger partial charge in [-0.15, -0.1) is 0 Å². The smallest absolute Gasteiger partial charge is 0.255 e. The van der Waals surface area contributed by atoms with Gasteiger partial charge in [-0.3, -0.25) is 9.59 Å². The van der Waals surface area contributed by atoms with Gasteiger partial charge < -0.3 is 29.5 Å². The Kier molecular flexibility index (Phi) is 8.22. The SMILES string of the molecule is COc1ccc2cc1OCCCNC(=O)c1cc(ccc1O)Oc1ccc3c(c1)CCN(C(=O)C1CCCCCC1)C23. The topological polar surface area (TPSA) is 97.3 Å². The Morgan fingerprint density at radius 3 is 2.57 bits per heavy atom. The molecule has 1 atom stereocenters. The first-order valence-corrected chi connectivity index (χ1v) is 15.0. The summed E-state index contributed by atoms with van der Waals surface area (Å²) in [6.07, 6.45) is 7.77. The van der Waals surface area contributed by atoms with E-state index in [-0.39, 0.29) is 35.1 Å². The van der Waals surface area contributed by atoms with Crippen LogP contribution in [-0.4, -0.2) is 48.6 Å². The molecule has 7 rings (SSSR count). The molecular weight excluding hydrogens is 532 g/mol. The minimum atomic E-state index is -0.384. The van der Waals surface area contributed by atoms with Crippen LogP contribution in [-0.2, 0) is 11.2 Å². The van der Waals surface area contributed by atoms with Crippen molar-refractivity contribution < 1.29 is 28.9 Å². The van der Waals surface area contributed by atoms with E-state index in [9.17, 15) is 14.7 Å². The molecule has 0 aromatic heterocycles. The summed E-state index contributed by atoms with van der Waals surface area (Å²) in [5.41, 5.74) is 3.30. The van der Waals surface area contributed by atoms with Crippen LogP contribution in [0.2, 0.25) is 0 Å². The number of rotatable bonds is 2. The molecule has 4 aliphatic rings. The number of ether oxygens (including phenoxy) is 3. The lowest BCUT2D eigenvalue weighted by Crippen LogP contribution is -2.43. The summed E-state index contributed by atoms with van der Waals surface area (Å²) in [7, 11) is 1.61. The fourth-order valence-corrected chi connectivity index (χ4v) is 6.45. The Balaban J connectivity index is 1.42. The predicted molar refractivity (Wildman–Crippen MR) is 159 cm³/mol. The number of hydrogen-bond acceptors (Lipinski definition) is 6. The van der Waals surface area contributed by atoms with E-state index < -0.39 is 0 Å². The standard InChI is InChI=1S/C34H38N2O6/c1-40-30-14-9-24-20-31(30)41-18-6-16-35-33(38)28-21-26(11-13-29(28)37)42-25-10-12-27-23(19-25)15-17-36(32(24)27)34(39)22-7-4-2-3-5-8-22/h9-14,19-22,32,37H,2-8,15-18H2,1H3,(H,35,38). The highest BCUT2D eigenvalue weighted by Crippen LogP contribution is 2.42. The number of amides is 2. The molecule has 2 N–H and O–H groups in total. The molecule has 0 spiro atoms. The first-order chi connectivity index (χ1) is 20.5. The number of carbonyl (C=O) groups excluding carboxylic acids is 2. The van der Waals surface area contributed by atoms with Gasteiger partial charge in [0.2, 0.25) is 5.91 Å². The molecule has 42 heavy (non-hydrogen) atoms. The van der Waals surface area contributed by atoms with Crippen LogP contribution in [0.1, 0.15) is 78.0 Å². The highest BCUT2D eigenvalue weighted by molar-refractivity contribution is 5.97. The van der Waals surface area contributed by atoms with Crippen LogP contribution < -0.4 is 19.5 Å². The van der Waals surface area contributed by atoms with Crippen LogP contribution in [0.3, 0.4) is 0 Å². The number of methoxy groups -OCH3 is 1. The van der Waals surface area contributed by atoms with Crippen molar-refractivity contribution in [3.05, 3.63) is 76.9 Å². The van der Waals surface area contributed by atoms with Crippen molar-refractivity contribution >= 4 is 11.8 Å². The van der Waals surface area contributed by atoms with E-state index >= 15 is 0 Å². The summed E-state index contributed by atoms with van der Waals surface area (Å²) in [4.78, 5) is 29.0. The van der Waals surface area contributed by atoms with Gasteiger partial charge in [-0.05, 0) is 84.8 Å². The van der Waals surface area contributed by atoms with E-state index in [4.69, 9.17) is 14.2 Å². The van der Waals surface area contributed by atoms with Crippen LogP contribution in [0.15, 0.2) is 54.6 Å². The number of aromatic hydroxyl groups is 1. The molecule has 8 heteroatoms. The molecule has 8 nitrogen and oxygen atoms in total. The third kappa shape index (κ3) is 5.75. The second-order valence-electron chi connectivity index (χ2n) is 11.4. The van der Waals surface area contributed by atoms with E-state index in [1.807, 2.05) is 36.4 Å². The van der Waals surface area contributed by atoms with E-state index in [1.165, 1.54) is 18.9 Å². The molecule has 1 aliphatic carbocycles. The number of nitrogens with zero attached hydrogens (tertiary/aromatic N) is 1. The molecule has 220 valence electrons. The average molecular weight is 571 g/mol. The first-order valence-electron chi connectivity index (χ1n) is 15.0. The van der Waals surface area contributed by atoms with Crippen LogP contribution in [0, 0.1) is 5.92 Å². The van der Waals surface area contributed by atoms with Gasteiger partial charge in [0.05, 0.1) is 25.3 Å². The lowest BCUT2D eigenvalue weighted by atomic mass is 9.86. The van der Waals surface area contributed by atoms with Gasteiger partial charge >= 0.3 is 0 Å². The van der Waals surface area contributed by atoms with Crippen molar-refractivity contribution in [3.8, 4) is 28.7 Å². The van der Waals surface area contributed by atoms with Gasteiger partial charge in [0.25, 0.3) is 5.91 Å². The van der Waals surface area contributed by atoms with Gasteiger partial charge in [-0.1, -0.05) is 37.8 Å². The summed E-state index contributed by atoms with van der Waals surface area (Å²) in [6.45, 7) is 1.33. The van der Waals surface area contributed by atoms with Gasteiger partial charge in [0.1, 0.15) is 17.2 Å². The van der Waals surface area contributed by atoms with Gasteiger partial charge in [-0.2, -0.15) is 0 Å². The van der Waals surface area contributed by atoms with Gasteiger partial charge in [-0.25, -0.2) is 0 Å². The first kappa shape index (κ1) is 27.9. The van der Waals surface area contributed by atoms with Crippen LogP contribution in [0.5, 0.6) is 28.7 Å². The van der Waals surface area contributed by atoms with Crippen LogP contribution in [0.4, 0.5) is 0 Å². The third-order valence-corrected chi connectivity index (χ3v) is 8.65. The fourth-order valence-electron chi connectivity index (χ4n) is 6.45. The number of phenolic OH excluding ortho intramolecular Hbond substituents is 1. The average Bonchev–Trinajstić information content (AvgIpc) is 3.30. The molecule has 0 saturated heterocycles. The minimum Gasteiger partial charge on any atom is -0.507 e. The molecule has 2 amide bonds. The van der Waals surface area contributed by atoms with E-state index in [0.29, 0.717) is 55.5 Å². The quantitative estimate of drug-likeness (QED) is 0.359. The molecule has 0 radical (unpaired) electrons. The molecule has 3 aromatic carbocycles. The van der Waals surface area contributed by atoms with E-state index in [2.05, 4.69) is 10.2 Å². The second kappa shape index (κ2) is 12.3. The zero-order valence-electron chi connectivity index (χ0n) is 24.1. The Bertz CT molecular complexity index is 1460. The molecule has 3 aliphatic heterocycles. The number of fused-ring (bicyclic) bond motifs is 6. The second-order valence-corrected chi connectivity index (χ2v) is 11.4. The van der Waals surface area contributed by atoms with E-state index in [1.54, 1.807) is 19.2 Å². The van der Waals surface area contributed by atoms with Gasteiger partial charge in [0.15, 0.2) is 11.5 Å². The normalized spacial score (nSPS) is 19.4. The minimum absolute atomic E-state index is 0.0533. The molecule has 1 saturated carbocycles. The summed E-state index contributed by atoms with van der Waals surface area (Å²) >= 11 is 0. The van der Waals surface area contributed by atoms with Crippen molar-refractivity contribution in [1.82, 2.24) is 10.2 Å². The number of benzene rings is 3.